The largest absolute Gasteiger partial charge is 0.444 e. The van der Waals surface area contributed by atoms with Gasteiger partial charge in [0.25, 0.3) is 0 Å². The summed E-state index contributed by atoms with van der Waals surface area (Å²) in [6, 6.07) is 3.59. The van der Waals surface area contributed by atoms with Gasteiger partial charge in [-0.05, 0) is 58.6 Å². The number of pyridine rings is 2. The van der Waals surface area contributed by atoms with Gasteiger partial charge in [0.2, 0.25) is 10.0 Å². The van der Waals surface area contributed by atoms with Crippen molar-refractivity contribution >= 4 is 32.7 Å². The van der Waals surface area contributed by atoms with Crippen molar-refractivity contribution in [3.63, 3.8) is 0 Å². The molecule has 1 aliphatic heterocycles. The number of carbonyl (C=O) groups is 1. The molecule has 35 heavy (non-hydrogen) atoms. The maximum atomic E-state index is 12.2. The van der Waals surface area contributed by atoms with Gasteiger partial charge < -0.3 is 20.5 Å². The highest BCUT2D eigenvalue weighted by molar-refractivity contribution is 7.88. The van der Waals surface area contributed by atoms with Gasteiger partial charge in [-0.25, -0.2) is 18.2 Å². The predicted octanol–water partition coefficient (Wildman–Crippen LogP) is 2.60. The van der Waals surface area contributed by atoms with Gasteiger partial charge in [-0.1, -0.05) is 0 Å². The van der Waals surface area contributed by atoms with Crippen LogP contribution in [0.4, 0.5) is 10.6 Å². The molecule has 4 rings (SSSR count). The van der Waals surface area contributed by atoms with Crippen LogP contribution < -0.4 is 10.6 Å². The first-order valence-electron chi connectivity index (χ1n) is 12.0. The number of sulfonamides is 1. The van der Waals surface area contributed by atoms with Crippen molar-refractivity contribution in [2.45, 2.75) is 76.2 Å². The number of ether oxygens (including phenoxy) is 1. The van der Waals surface area contributed by atoms with Crippen molar-refractivity contribution in [3.8, 4) is 0 Å². The molecule has 1 saturated carbocycles. The highest BCUT2D eigenvalue weighted by Crippen LogP contribution is 2.37. The van der Waals surface area contributed by atoms with Crippen LogP contribution in [-0.2, 0) is 14.8 Å². The van der Waals surface area contributed by atoms with Crippen LogP contribution in [0.2, 0.25) is 0 Å². The van der Waals surface area contributed by atoms with Crippen LogP contribution in [0.25, 0.3) is 10.8 Å². The van der Waals surface area contributed by atoms with Crippen LogP contribution in [0, 0.1) is 0 Å². The third kappa shape index (κ3) is 6.39. The van der Waals surface area contributed by atoms with Gasteiger partial charge in [-0.15, -0.1) is 0 Å². The van der Waals surface area contributed by atoms with E-state index in [1.165, 1.54) is 4.31 Å². The molecular formula is C24H35N5O5S. The second-order valence-corrected chi connectivity index (χ2v) is 12.6. The number of rotatable bonds is 5. The van der Waals surface area contributed by atoms with Crippen LogP contribution in [-0.4, -0.2) is 77.0 Å². The minimum atomic E-state index is -3.33. The molecule has 1 aliphatic carbocycles. The van der Waals surface area contributed by atoms with Crippen LogP contribution in [0.15, 0.2) is 24.5 Å². The van der Waals surface area contributed by atoms with E-state index >= 15 is 0 Å². The van der Waals surface area contributed by atoms with Gasteiger partial charge in [-0.2, -0.15) is 4.31 Å². The standard InChI is InChI=1S/C24H35N5O5S/c1-24(2,3)34-23(31)27-17-6-5-15(11-17)22-18-12-21(26-13-16(18)7-9-25-22)28-19-8-10-29(14-20(19)30)35(4,32)33/h7,9,12-13,15,17,19-20,30H,5-6,8,10-11,14H2,1-4H3,(H,26,28)(H,27,31)/t15-,17-,19+,20+/m0/s1. The molecule has 0 spiro atoms. The number of piperidine rings is 1. The van der Waals surface area contributed by atoms with Crippen molar-refractivity contribution in [1.29, 1.82) is 0 Å². The molecule has 1 saturated heterocycles. The summed E-state index contributed by atoms with van der Waals surface area (Å²) >= 11 is 0. The zero-order valence-corrected chi connectivity index (χ0v) is 21.5. The first-order chi connectivity index (χ1) is 16.4. The van der Waals surface area contributed by atoms with E-state index in [4.69, 9.17) is 4.74 Å². The minimum absolute atomic E-state index is 0.0292. The summed E-state index contributed by atoms with van der Waals surface area (Å²) in [5, 5.41) is 18.7. The van der Waals surface area contributed by atoms with Crippen LogP contribution in [0.1, 0.15) is 58.1 Å². The molecule has 11 heteroatoms. The minimum Gasteiger partial charge on any atom is -0.444 e. The zero-order chi connectivity index (χ0) is 25.4. The van der Waals surface area contributed by atoms with E-state index in [0.29, 0.717) is 18.8 Å². The molecule has 3 N–H and O–H groups in total. The number of amides is 1. The van der Waals surface area contributed by atoms with E-state index in [0.717, 1.165) is 42.0 Å². The monoisotopic (exact) mass is 505 g/mol. The lowest BCUT2D eigenvalue weighted by Gasteiger charge is -2.35. The maximum absolute atomic E-state index is 12.2. The Kier molecular flexibility index (Phi) is 7.21. The molecule has 10 nitrogen and oxygen atoms in total. The Morgan fingerprint density at radius 2 is 2.00 bits per heavy atom. The Hall–Kier alpha value is -2.50. The SMILES string of the molecule is CC(C)(C)OC(=O)N[C@H]1CC[C@H](c2nccc3cnc(N[C@@H]4CCN(S(C)(=O)=O)C[C@H]4O)cc23)C1. The van der Waals surface area contributed by atoms with Crippen molar-refractivity contribution < 1.29 is 23.1 Å². The molecule has 0 radical (unpaired) electrons. The highest BCUT2D eigenvalue weighted by Gasteiger charge is 2.33. The molecule has 3 heterocycles. The average Bonchev–Trinajstić information content (AvgIpc) is 3.20. The number of nitrogens with zero attached hydrogens (tertiary/aromatic N) is 3. The number of fused-ring (bicyclic) bond motifs is 1. The predicted molar refractivity (Wildman–Crippen MR) is 134 cm³/mol. The van der Waals surface area contributed by atoms with E-state index in [-0.39, 0.29) is 24.5 Å². The first-order valence-corrected chi connectivity index (χ1v) is 13.9. The number of aliphatic hydroxyl groups excluding tert-OH is 1. The summed E-state index contributed by atoms with van der Waals surface area (Å²) in [5.41, 5.74) is 0.430. The molecular weight excluding hydrogens is 470 g/mol. The van der Waals surface area contributed by atoms with E-state index in [1.807, 2.05) is 32.9 Å². The van der Waals surface area contributed by atoms with E-state index in [2.05, 4.69) is 20.6 Å². The normalized spacial score (nSPS) is 26.0. The number of aliphatic hydroxyl groups is 1. The second-order valence-electron chi connectivity index (χ2n) is 10.6. The van der Waals surface area contributed by atoms with Gasteiger partial charge in [0, 0.05) is 48.2 Å². The highest BCUT2D eigenvalue weighted by atomic mass is 32.2. The Morgan fingerprint density at radius 3 is 2.69 bits per heavy atom. The lowest BCUT2D eigenvalue weighted by atomic mass is 9.98. The quantitative estimate of drug-likeness (QED) is 0.565. The molecule has 2 fully saturated rings. The number of hydrogen-bond acceptors (Lipinski definition) is 8. The number of β-amino-alcohol motifs (C(OH)–C–C–N with tert-alkyl or cyclic N) is 1. The molecule has 0 bridgehead atoms. The third-order valence-corrected chi connectivity index (χ3v) is 7.84. The lowest BCUT2D eigenvalue weighted by Crippen LogP contribution is -2.51. The first kappa shape index (κ1) is 25.6. The number of anilines is 1. The Bertz CT molecular complexity index is 1180. The molecule has 4 atom stereocenters. The summed E-state index contributed by atoms with van der Waals surface area (Å²) in [6.07, 6.45) is 6.50. The van der Waals surface area contributed by atoms with Crippen molar-refractivity contribution in [1.82, 2.24) is 19.6 Å². The summed E-state index contributed by atoms with van der Waals surface area (Å²) in [4.78, 5) is 21.4. The van der Waals surface area contributed by atoms with E-state index < -0.39 is 27.8 Å². The molecule has 0 aromatic carbocycles. The summed E-state index contributed by atoms with van der Waals surface area (Å²) in [5.74, 6) is 0.808. The fourth-order valence-corrected chi connectivity index (χ4v) is 5.75. The molecule has 2 aliphatic rings. The van der Waals surface area contributed by atoms with Gasteiger partial charge in [0.1, 0.15) is 11.4 Å². The fourth-order valence-electron chi connectivity index (χ4n) is 4.89. The van der Waals surface area contributed by atoms with Crippen LogP contribution in [0.5, 0.6) is 0 Å². The fraction of sp³-hybridized carbons (Fsp3) is 0.625. The lowest BCUT2D eigenvalue weighted by molar-refractivity contribution is 0.0505. The molecule has 192 valence electrons. The summed E-state index contributed by atoms with van der Waals surface area (Å²) in [7, 11) is -3.33. The van der Waals surface area contributed by atoms with Gasteiger partial charge in [0.05, 0.1) is 24.1 Å². The van der Waals surface area contributed by atoms with Gasteiger partial charge in [-0.3, -0.25) is 4.98 Å². The number of hydrogen-bond donors (Lipinski definition) is 3. The van der Waals surface area contributed by atoms with E-state index in [9.17, 15) is 18.3 Å². The Morgan fingerprint density at radius 1 is 1.23 bits per heavy atom. The van der Waals surface area contributed by atoms with Crippen LogP contribution in [0.3, 0.4) is 0 Å². The third-order valence-electron chi connectivity index (χ3n) is 6.57. The van der Waals surface area contributed by atoms with E-state index in [1.54, 1.807) is 12.4 Å². The summed E-state index contributed by atoms with van der Waals surface area (Å²) in [6.45, 7) is 5.94. The van der Waals surface area contributed by atoms with Crippen molar-refractivity contribution in [3.05, 3.63) is 30.2 Å². The smallest absolute Gasteiger partial charge is 0.407 e. The number of nitrogens with one attached hydrogen (secondary N) is 2. The Balaban J connectivity index is 1.46. The Labute approximate surface area is 206 Å². The number of aromatic nitrogens is 2. The van der Waals surface area contributed by atoms with Crippen LogP contribution >= 0.6 is 0 Å². The van der Waals surface area contributed by atoms with Gasteiger partial charge in [0.15, 0.2) is 0 Å². The zero-order valence-electron chi connectivity index (χ0n) is 20.7. The molecule has 0 unspecified atom stereocenters. The van der Waals surface area contributed by atoms with Crippen molar-refractivity contribution in [2.24, 2.45) is 0 Å². The number of alkyl carbamates (subject to hydrolysis) is 1. The maximum Gasteiger partial charge on any atom is 0.407 e. The average molecular weight is 506 g/mol. The molecule has 1 amide bonds. The second kappa shape index (κ2) is 9.87. The molecule has 2 aromatic rings. The summed E-state index contributed by atoms with van der Waals surface area (Å²) < 4.78 is 30.3. The molecule has 2 aromatic heterocycles. The van der Waals surface area contributed by atoms with Crippen molar-refractivity contribution in [2.75, 3.05) is 24.7 Å². The number of carbonyl (C=O) groups excluding carboxylic acids is 1. The topological polar surface area (TPSA) is 134 Å². The van der Waals surface area contributed by atoms with Gasteiger partial charge >= 0.3 is 6.09 Å².